The van der Waals surface area contributed by atoms with Gasteiger partial charge in [0.15, 0.2) is 4.77 Å². The molecule has 1 amide bonds. The van der Waals surface area contributed by atoms with Crippen molar-refractivity contribution in [3.8, 4) is 0 Å². The van der Waals surface area contributed by atoms with Crippen molar-refractivity contribution in [1.29, 1.82) is 0 Å². The lowest BCUT2D eigenvalue weighted by atomic mass is 9.99. The summed E-state index contributed by atoms with van der Waals surface area (Å²) in [5.74, 6) is 0.583. The molecule has 7 heteroatoms. The van der Waals surface area contributed by atoms with Crippen LogP contribution in [0, 0.1) is 4.77 Å². The summed E-state index contributed by atoms with van der Waals surface area (Å²) < 4.78 is 7.08. The highest BCUT2D eigenvalue weighted by Crippen LogP contribution is 2.23. The minimum Gasteiger partial charge on any atom is -0.467 e. The highest BCUT2D eigenvalue weighted by atomic mass is 32.1. The molecule has 2 aromatic carbocycles. The first-order valence-electron chi connectivity index (χ1n) is 10.4. The van der Waals surface area contributed by atoms with E-state index in [9.17, 15) is 9.59 Å². The number of hydrogen-bond donors (Lipinski definition) is 1. The Kier molecular flexibility index (Phi) is 5.33. The number of aromatic amines is 1. The largest absolute Gasteiger partial charge is 0.467 e. The predicted molar refractivity (Wildman–Crippen MR) is 126 cm³/mol. The maximum atomic E-state index is 13.1. The molecule has 0 saturated carbocycles. The van der Waals surface area contributed by atoms with Crippen molar-refractivity contribution >= 4 is 34.6 Å². The van der Waals surface area contributed by atoms with Gasteiger partial charge >= 0.3 is 0 Å². The van der Waals surface area contributed by atoms with Gasteiger partial charge in [0.1, 0.15) is 5.76 Å². The number of fused-ring (bicyclic) bond motifs is 1. The molecule has 0 radical (unpaired) electrons. The molecule has 32 heavy (non-hydrogen) atoms. The van der Waals surface area contributed by atoms with Gasteiger partial charge in [0.05, 0.1) is 23.7 Å². The van der Waals surface area contributed by atoms with E-state index < -0.39 is 0 Å². The summed E-state index contributed by atoms with van der Waals surface area (Å²) in [5.41, 5.74) is 3.33. The van der Waals surface area contributed by atoms with E-state index >= 15 is 0 Å². The van der Waals surface area contributed by atoms with E-state index in [-0.39, 0.29) is 22.8 Å². The summed E-state index contributed by atoms with van der Waals surface area (Å²) in [6.45, 7) is 1.46. The van der Waals surface area contributed by atoms with E-state index in [0.717, 1.165) is 6.42 Å². The fraction of sp³-hybridized carbons (Fsp3) is 0.160. The Labute approximate surface area is 189 Å². The predicted octanol–water partition coefficient (Wildman–Crippen LogP) is 4.63. The van der Waals surface area contributed by atoms with E-state index in [2.05, 4.69) is 23.2 Å². The number of rotatable bonds is 4. The minimum atomic E-state index is -0.215. The van der Waals surface area contributed by atoms with Crippen LogP contribution in [0.3, 0.4) is 0 Å². The van der Waals surface area contributed by atoms with Crippen LogP contribution < -0.4 is 5.56 Å². The zero-order valence-corrected chi connectivity index (χ0v) is 18.1. The lowest BCUT2D eigenvalue weighted by molar-refractivity contribution is 0.0773. The lowest BCUT2D eigenvalue weighted by Crippen LogP contribution is -2.34. The van der Waals surface area contributed by atoms with Crippen molar-refractivity contribution in [1.82, 2.24) is 14.5 Å². The van der Waals surface area contributed by atoms with Gasteiger partial charge in [-0.25, -0.2) is 0 Å². The second-order valence-corrected chi connectivity index (χ2v) is 8.14. The summed E-state index contributed by atoms with van der Waals surface area (Å²) in [5, 5.41) is 0.478. The van der Waals surface area contributed by atoms with Crippen LogP contribution >= 0.6 is 12.2 Å². The Morgan fingerprint density at radius 3 is 2.66 bits per heavy atom. The summed E-state index contributed by atoms with van der Waals surface area (Å²) in [6, 6.07) is 18.9. The summed E-state index contributed by atoms with van der Waals surface area (Å²) in [6.07, 6.45) is 4.48. The van der Waals surface area contributed by atoms with Gasteiger partial charge in [0, 0.05) is 18.7 Å². The first-order chi connectivity index (χ1) is 15.6. The molecule has 3 heterocycles. The topological polar surface area (TPSA) is 71.2 Å². The van der Waals surface area contributed by atoms with Crippen molar-refractivity contribution in [3.05, 3.63) is 105 Å². The maximum absolute atomic E-state index is 13.1. The average Bonchev–Trinajstić information content (AvgIpc) is 3.35. The SMILES string of the molecule is O=C(c1ccc2c(=O)n(Cc3ccco3)c(=S)[nH]c2c1)N1CC=C(c2ccccc2)CC1. The van der Waals surface area contributed by atoms with E-state index in [1.165, 1.54) is 15.7 Å². The van der Waals surface area contributed by atoms with Crippen LogP contribution in [0.2, 0.25) is 0 Å². The number of furan rings is 1. The van der Waals surface area contributed by atoms with Gasteiger partial charge in [-0.3, -0.25) is 14.2 Å². The molecular weight excluding hydrogens is 422 g/mol. The first kappa shape index (κ1) is 20.2. The third-order valence-corrected chi connectivity index (χ3v) is 6.09. The molecule has 0 saturated heterocycles. The molecule has 4 aromatic rings. The number of benzene rings is 2. The second kappa shape index (κ2) is 8.43. The monoisotopic (exact) mass is 443 g/mol. The highest BCUT2D eigenvalue weighted by Gasteiger charge is 2.20. The molecule has 0 spiro atoms. The van der Waals surface area contributed by atoms with Crippen LogP contribution in [0.5, 0.6) is 0 Å². The maximum Gasteiger partial charge on any atom is 0.262 e. The summed E-state index contributed by atoms with van der Waals surface area (Å²) in [7, 11) is 0. The fourth-order valence-corrected chi connectivity index (χ4v) is 4.30. The molecule has 2 aromatic heterocycles. The third kappa shape index (κ3) is 3.83. The van der Waals surface area contributed by atoms with E-state index in [1.807, 2.05) is 23.1 Å². The molecule has 0 atom stereocenters. The smallest absolute Gasteiger partial charge is 0.262 e. The molecule has 0 fully saturated rings. The van der Waals surface area contributed by atoms with Crippen molar-refractivity contribution in [3.63, 3.8) is 0 Å². The van der Waals surface area contributed by atoms with Gasteiger partial charge in [-0.15, -0.1) is 0 Å². The third-order valence-electron chi connectivity index (χ3n) is 5.76. The second-order valence-electron chi connectivity index (χ2n) is 7.76. The van der Waals surface area contributed by atoms with Crippen molar-refractivity contribution in [2.75, 3.05) is 13.1 Å². The van der Waals surface area contributed by atoms with Crippen molar-refractivity contribution in [2.24, 2.45) is 0 Å². The van der Waals surface area contributed by atoms with E-state index in [0.29, 0.717) is 35.3 Å². The number of nitrogens with zero attached hydrogens (tertiary/aromatic N) is 2. The van der Waals surface area contributed by atoms with Crippen LogP contribution in [-0.4, -0.2) is 33.4 Å². The lowest BCUT2D eigenvalue weighted by Gasteiger charge is -2.27. The van der Waals surface area contributed by atoms with Crippen LogP contribution in [-0.2, 0) is 6.54 Å². The van der Waals surface area contributed by atoms with Crippen LogP contribution in [0.15, 0.2) is 82.2 Å². The zero-order chi connectivity index (χ0) is 22.1. The number of carbonyl (C=O) groups is 1. The van der Waals surface area contributed by atoms with Gasteiger partial charge in [0.25, 0.3) is 11.5 Å². The Morgan fingerprint density at radius 2 is 1.94 bits per heavy atom. The highest BCUT2D eigenvalue weighted by molar-refractivity contribution is 7.71. The van der Waals surface area contributed by atoms with E-state index in [1.54, 1.807) is 36.6 Å². The Balaban J connectivity index is 1.40. The van der Waals surface area contributed by atoms with Gasteiger partial charge in [-0.05, 0) is 60.1 Å². The van der Waals surface area contributed by atoms with Crippen LogP contribution in [0.1, 0.15) is 28.1 Å². The Bertz CT molecular complexity index is 1430. The Hall–Kier alpha value is -3.71. The summed E-state index contributed by atoms with van der Waals surface area (Å²) >= 11 is 5.40. The summed E-state index contributed by atoms with van der Waals surface area (Å²) in [4.78, 5) is 31.0. The molecule has 6 nitrogen and oxygen atoms in total. The number of H-pyrrole nitrogens is 1. The van der Waals surface area contributed by atoms with Crippen LogP contribution in [0.4, 0.5) is 0 Å². The number of carbonyl (C=O) groups excluding carboxylic acids is 1. The van der Waals surface area contributed by atoms with Gasteiger partial charge < -0.3 is 14.3 Å². The molecule has 160 valence electrons. The fourth-order valence-electron chi connectivity index (χ4n) is 4.04. The molecular formula is C25H21N3O3S. The number of hydrogen-bond acceptors (Lipinski definition) is 4. The molecule has 5 rings (SSSR count). The van der Waals surface area contributed by atoms with Gasteiger partial charge in [-0.1, -0.05) is 36.4 Å². The molecule has 0 aliphatic carbocycles. The first-order valence-corrected chi connectivity index (χ1v) is 10.8. The molecule has 1 aliphatic rings. The number of amides is 1. The Morgan fingerprint density at radius 1 is 1.09 bits per heavy atom. The molecule has 0 bridgehead atoms. The molecule has 1 N–H and O–H groups in total. The number of aromatic nitrogens is 2. The van der Waals surface area contributed by atoms with Gasteiger partial charge in [0.2, 0.25) is 0 Å². The molecule has 1 aliphatic heterocycles. The standard InChI is InChI=1S/C25H21N3O3S/c29-23(27-12-10-18(11-13-27)17-5-2-1-3-6-17)19-8-9-21-22(15-19)26-25(32)28(24(21)30)16-20-7-4-14-31-20/h1-10,14-15H,11-13,16H2,(H,26,32). The number of nitrogens with one attached hydrogen (secondary N) is 1. The normalized spacial score (nSPS) is 13.9. The van der Waals surface area contributed by atoms with Crippen LogP contribution in [0.25, 0.3) is 16.5 Å². The average molecular weight is 444 g/mol. The van der Waals surface area contributed by atoms with E-state index in [4.69, 9.17) is 16.6 Å². The van der Waals surface area contributed by atoms with Crippen molar-refractivity contribution < 1.29 is 9.21 Å². The quantitative estimate of drug-likeness (QED) is 0.467. The molecule has 0 unspecified atom stereocenters. The van der Waals surface area contributed by atoms with Gasteiger partial charge in [-0.2, -0.15) is 0 Å². The zero-order valence-electron chi connectivity index (χ0n) is 17.3. The van der Waals surface area contributed by atoms with Crippen molar-refractivity contribution in [2.45, 2.75) is 13.0 Å². The minimum absolute atomic E-state index is 0.0608.